The van der Waals surface area contributed by atoms with Crippen LogP contribution in [-0.4, -0.2) is 53.8 Å². The first-order chi connectivity index (χ1) is 11.1. The first kappa shape index (κ1) is 15.1. The van der Waals surface area contributed by atoms with Gasteiger partial charge in [0.15, 0.2) is 0 Å². The van der Waals surface area contributed by atoms with E-state index in [-0.39, 0.29) is 17.6 Å². The van der Waals surface area contributed by atoms with Crippen molar-refractivity contribution < 1.29 is 14.3 Å². The zero-order chi connectivity index (χ0) is 15.9. The Hall–Kier alpha value is -1.46. The van der Waals surface area contributed by atoms with E-state index in [1.54, 1.807) is 6.20 Å². The lowest BCUT2D eigenvalue weighted by molar-refractivity contribution is 0.00156. The molecule has 1 amide bonds. The van der Waals surface area contributed by atoms with Gasteiger partial charge in [-0.1, -0.05) is 0 Å². The molecule has 0 radical (unpaired) electrons. The molecular formula is C18H24N2O3. The highest BCUT2D eigenvalue weighted by molar-refractivity contribution is 5.94. The van der Waals surface area contributed by atoms with E-state index >= 15 is 0 Å². The Morgan fingerprint density at radius 3 is 3.09 bits per heavy atom. The van der Waals surface area contributed by atoms with Crippen LogP contribution in [0.15, 0.2) is 18.3 Å². The molecule has 5 heteroatoms. The molecule has 0 N–H and O–H groups in total. The standard InChI is InChI=1S/C18H24N2O3/c1-13-2-5-15(9-19-13)17(21)20-7-6-18(12-20)8-16(11-23-18)22-10-14-3-4-14/h2,5,9,14,16H,3-4,6-8,10-12H2,1H3/t16-,18+/m1/s1. The molecule has 1 aliphatic carbocycles. The van der Waals surface area contributed by atoms with Crippen molar-refractivity contribution in [2.75, 3.05) is 26.3 Å². The normalized spacial score (nSPS) is 30.3. The topological polar surface area (TPSA) is 51.7 Å². The maximum absolute atomic E-state index is 12.6. The SMILES string of the molecule is Cc1ccc(C(=O)N2CC[C@]3(C[C@@H](OCC4CC4)CO3)C2)cn1. The Bertz CT molecular complexity index is 584. The number of amides is 1. The van der Waals surface area contributed by atoms with Crippen LogP contribution in [0.4, 0.5) is 0 Å². The van der Waals surface area contributed by atoms with Crippen molar-refractivity contribution in [3.8, 4) is 0 Å². The second kappa shape index (κ2) is 5.87. The summed E-state index contributed by atoms with van der Waals surface area (Å²) in [5, 5.41) is 0. The summed E-state index contributed by atoms with van der Waals surface area (Å²) in [7, 11) is 0. The zero-order valence-electron chi connectivity index (χ0n) is 13.7. The second-order valence-electron chi connectivity index (χ2n) is 7.26. The van der Waals surface area contributed by atoms with E-state index in [9.17, 15) is 4.79 Å². The first-order valence-corrected chi connectivity index (χ1v) is 8.61. The lowest BCUT2D eigenvalue weighted by atomic mass is 9.98. The van der Waals surface area contributed by atoms with Crippen molar-refractivity contribution in [2.24, 2.45) is 5.92 Å². The summed E-state index contributed by atoms with van der Waals surface area (Å²) in [6.07, 6.45) is 6.31. The van der Waals surface area contributed by atoms with E-state index in [1.165, 1.54) is 12.8 Å². The molecule has 3 fully saturated rings. The van der Waals surface area contributed by atoms with Crippen molar-refractivity contribution in [2.45, 2.75) is 44.3 Å². The van der Waals surface area contributed by atoms with Gasteiger partial charge in [0, 0.05) is 31.5 Å². The van der Waals surface area contributed by atoms with Crippen LogP contribution in [0.3, 0.4) is 0 Å². The average Bonchev–Trinajstić information content (AvgIpc) is 3.18. The molecule has 23 heavy (non-hydrogen) atoms. The van der Waals surface area contributed by atoms with Crippen LogP contribution in [-0.2, 0) is 9.47 Å². The van der Waals surface area contributed by atoms with Gasteiger partial charge in [0.25, 0.3) is 5.91 Å². The van der Waals surface area contributed by atoms with Gasteiger partial charge in [-0.25, -0.2) is 0 Å². The molecule has 5 nitrogen and oxygen atoms in total. The van der Waals surface area contributed by atoms with Gasteiger partial charge in [-0.15, -0.1) is 0 Å². The molecule has 1 spiro atoms. The molecule has 1 aromatic rings. The molecule has 2 atom stereocenters. The number of pyridine rings is 1. The summed E-state index contributed by atoms with van der Waals surface area (Å²) in [6, 6.07) is 3.74. The van der Waals surface area contributed by atoms with Crippen LogP contribution in [0.1, 0.15) is 41.7 Å². The quantitative estimate of drug-likeness (QED) is 0.854. The van der Waals surface area contributed by atoms with Gasteiger partial charge in [-0.2, -0.15) is 0 Å². The van der Waals surface area contributed by atoms with Crippen LogP contribution in [0.5, 0.6) is 0 Å². The minimum atomic E-state index is -0.192. The van der Waals surface area contributed by atoms with Crippen LogP contribution in [0, 0.1) is 12.8 Å². The summed E-state index contributed by atoms with van der Waals surface area (Å²) in [5.41, 5.74) is 1.39. The number of aromatic nitrogens is 1. The molecule has 3 aliphatic rings. The van der Waals surface area contributed by atoms with Gasteiger partial charge in [0.1, 0.15) is 0 Å². The van der Waals surface area contributed by atoms with Gasteiger partial charge in [-0.3, -0.25) is 9.78 Å². The minimum absolute atomic E-state index is 0.0559. The maximum atomic E-state index is 12.6. The fourth-order valence-corrected chi connectivity index (χ4v) is 3.55. The Labute approximate surface area is 137 Å². The third kappa shape index (κ3) is 3.26. The maximum Gasteiger partial charge on any atom is 0.255 e. The summed E-state index contributed by atoms with van der Waals surface area (Å²) >= 11 is 0. The average molecular weight is 316 g/mol. The lowest BCUT2D eigenvalue weighted by Gasteiger charge is -2.23. The number of likely N-dealkylation sites (tertiary alicyclic amines) is 1. The number of ether oxygens (including phenoxy) is 2. The first-order valence-electron chi connectivity index (χ1n) is 8.61. The van der Waals surface area contributed by atoms with Crippen molar-refractivity contribution >= 4 is 5.91 Å². The fraction of sp³-hybridized carbons (Fsp3) is 0.667. The molecule has 1 saturated carbocycles. The van der Waals surface area contributed by atoms with E-state index < -0.39 is 0 Å². The van der Waals surface area contributed by atoms with E-state index in [4.69, 9.17) is 9.47 Å². The number of hydrogen-bond donors (Lipinski definition) is 0. The van der Waals surface area contributed by atoms with E-state index in [1.807, 2.05) is 24.0 Å². The van der Waals surface area contributed by atoms with Crippen LogP contribution in [0.25, 0.3) is 0 Å². The summed E-state index contributed by atoms with van der Waals surface area (Å²) in [5.74, 6) is 0.836. The third-order valence-corrected chi connectivity index (χ3v) is 5.20. The molecule has 124 valence electrons. The minimum Gasteiger partial charge on any atom is -0.375 e. The van der Waals surface area contributed by atoms with Crippen molar-refractivity contribution in [1.82, 2.24) is 9.88 Å². The highest BCUT2D eigenvalue weighted by atomic mass is 16.6. The molecule has 0 bridgehead atoms. The Kier molecular flexibility index (Phi) is 3.85. The molecule has 2 aliphatic heterocycles. The van der Waals surface area contributed by atoms with Crippen LogP contribution in [0.2, 0.25) is 0 Å². The monoisotopic (exact) mass is 316 g/mol. The van der Waals surface area contributed by atoms with Gasteiger partial charge in [0.2, 0.25) is 0 Å². The van der Waals surface area contributed by atoms with Crippen molar-refractivity contribution in [3.05, 3.63) is 29.6 Å². The smallest absolute Gasteiger partial charge is 0.255 e. The Morgan fingerprint density at radius 2 is 2.35 bits per heavy atom. The molecule has 0 unspecified atom stereocenters. The molecule has 4 rings (SSSR count). The van der Waals surface area contributed by atoms with Crippen LogP contribution >= 0.6 is 0 Å². The van der Waals surface area contributed by atoms with Gasteiger partial charge in [0.05, 0.1) is 30.4 Å². The highest BCUT2D eigenvalue weighted by Crippen LogP contribution is 2.38. The summed E-state index contributed by atoms with van der Waals surface area (Å²) < 4.78 is 12.0. The lowest BCUT2D eigenvalue weighted by Crippen LogP contribution is -2.36. The largest absolute Gasteiger partial charge is 0.375 e. The summed E-state index contributed by atoms with van der Waals surface area (Å²) in [6.45, 7) is 4.89. The molecule has 2 saturated heterocycles. The summed E-state index contributed by atoms with van der Waals surface area (Å²) in [4.78, 5) is 18.7. The van der Waals surface area contributed by atoms with Crippen molar-refractivity contribution in [1.29, 1.82) is 0 Å². The molecule has 1 aromatic heterocycles. The number of hydrogen-bond acceptors (Lipinski definition) is 4. The van der Waals surface area contributed by atoms with Gasteiger partial charge < -0.3 is 14.4 Å². The van der Waals surface area contributed by atoms with E-state index in [0.717, 1.165) is 37.6 Å². The molecule has 0 aromatic carbocycles. The zero-order valence-corrected chi connectivity index (χ0v) is 13.7. The Morgan fingerprint density at radius 1 is 1.48 bits per heavy atom. The number of rotatable bonds is 4. The third-order valence-electron chi connectivity index (χ3n) is 5.20. The van der Waals surface area contributed by atoms with E-state index in [0.29, 0.717) is 18.7 Å². The molecule has 3 heterocycles. The van der Waals surface area contributed by atoms with Gasteiger partial charge in [-0.05, 0) is 44.2 Å². The molecular weight excluding hydrogens is 292 g/mol. The fourth-order valence-electron chi connectivity index (χ4n) is 3.55. The number of carbonyl (C=O) groups is 1. The Balaban J connectivity index is 1.35. The van der Waals surface area contributed by atoms with Gasteiger partial charge >= 0.3 is 0 Å². The predicted octanol–water partition coefficient (Wildman–Crippen LogP) is 2.19. The van der Waals surface area contributed by atoms with E-state index in [2.05, 4.69) is 4.98 Å². The van der Waals surface area contributed by atoms with Crippen LogP contribution < -0.4 is 0 Å². The number of aryl methyl sites for hydroxylation is 1. The number of carbonyl (C=O) groups excluding carboxylic acids is 1. The second-order valence-corrected chi connectivity index (χ2v) is 7.26. The predicted molar refractivity (Wildman–Crippen MR) is 85.3 cm³/mol. The van der Waals surface area contributed by atoms with Crippen molar-refractivity contribution in [3.63, 3.8) is 0 Å². The number of nitrogens with zero attached hydrogens (tertiary/aromatic N) is 2. The highest BCUT2D eigenvalue weighted by Gasteiger charge is 2.47.